The van der Waals surface area contributed by atoms with E-state index in [4.69, 9.17) is 4.74 Å². The summed E-state index contributed by atoms with van der Waals surface area (Å²) in [5, 5.41) is 0. The molecule has 1 heteroatoms. The highest BCUT2D eigenvalue weighted by Gasteiger charge is 1.82. The van der Waals surface area contributed by atoms with Crippen molar-refractivity contribution in [1.29, 1.82) is 0 Å². The van der Waals surface area contributed by atoms with E-state index >= 15 is 0 Å². The molecule has 9 heavy (non-hydrogen) atoms. The maximum absolute atomic E-state index is 4.88. The molecule has 0 spiro atoms. The first-order valence-corrected chi connectivity index (χ1v) is 3.35. The molecule has 0 atom stereocenters. The molecule has 0 N–H and O–H groups in total. The summed E-state index contributed by atoms with van der Waals surface area (Å²) in [5.41, 5.74) is 0. The van der Waals surface area contributed by atoms with Crippen molar-refractivity contribution in [3.63, 3.8) is 0 Å². The summed E-state index contributed by atoms with van der Waals surface area (Å²) in [5.74, 6) is 0. The van der Waals surface area contributed by atoms with E-state index in [0.717, 1.165) is 19.4 Å². The maximum Gasteiger partial charge on any atom is 0.0462 e. The van der Waals surface area contributed by atoms with Crippen molar-refractivity contribution in [2.24, 2.45) is 0 Å². The van der Waals surface area contributed by atoms with Gasteiger partial charge in [-0.25, -0.2) is 0 Å². The van der Waals surface area contributed by atoms with Crippen LogP contribution < -0.4 is 0 Å². The Bertz CT molecular complexity index is 67.0. The van der Waals surface area contributed by atoms with Gasteiger partial charge in [0.25, 0.3) is 0 Å². The van der Waals surface area contributed by atoms with Crippen LogP contribution >= 0.6 is 0 Å². The van der Waals surface area contributed by atoms with Crippen LogP contribution in [0, 0.1) is 6.92 Å². The van der Waals surface area contributed by atoms with Crippen LogP contribution in [-0.4, -0.2) is 13.7 Å². The molecule has 0 aliphatic heterocycles. The first-order valence-electron chi connectivity index (χ1n) is 3.35. The van der Waals surface area contributed by atoms with Gasteiger partial charge >= 0.3 is 0 Å². The highest BCUT2D eigenvalue weighted by atomic mass is 16.5. The third-order valence-electron chi connectivity index (χ3n) is 1.14. The van der Waals surface area contributed by atoms with Gasteiger partial charge < -0.3 is 4.74 Å². The summed E-state index contributed by atoms with van der Waals surface area (Å²) in [7, 11) is 1.73. The number of allylic oxidation sites excluding steroid dienone is 2. The Morgan fingerprint density at radius 2 is 2.22 bits per heavy atom. The lowest BCUT2D eigenvalue weighted by Gasteiger charge is -1.94. The molecular formula is C8H15O. The highest BCUT2D eigenvalue weighted by Crippen LogP contribution is 1.95. The quantitative estimate of drug-likeness (QED) is 0.514. The van der Waals surface area contributed by atoms with Crippen LogP contribution in [0.1, 0.15) is 19.3 Å². The Labute approximate surface area is 57.7 Å². The number of rotatable bonds is 5. The minimum absolute atomic E-state index is 0.880. The van der Waals surface area contributed by atoms with Crippen molar-refractivity contribution in [3.8, 4) is 0 Å². The largest absolute Gasteiger partial charge is 0.385 e. The first kappa shape index (κ1) is 8.70. The van der Waals surface area contributed by atoms with E-state index in [0.29, 0.717) is 0 Å². The fourth-order valence-electron chi connectivity index (χ4n) is 0.626. The lowest BCUT2D eigenvalue weighted by atomic mass is 10.2. The fourth-order valence-corrected chi connectivity index (χ4v) is 0.626. The smallest absolute Gasteiger partial charge is 0.0462 e. The van der Waals surface area contributed by atoms with Gasteiger partial charge in [0, 0.05) is 13.7 Å². The molecule has 0 rings (SSSR count). The fraction of sp³-hybridized carbons (Fsp3) is 0.625. The molecule has 0 aliphatic carbocycles. The molecular weight excluding hydrogens is 112 g/mol. The normalized spacial score (nSPS) is 10.9. The summed E-state index contributed by atoms with van der Waals surface area (Å²) >= 11 is 0. The van der Waals surface area contributed by atoms with Crippen molar-refractivity contribution in [2.75, 3.05) is 13.7 Å². The Morgan fingerprint density at radius 1 is 1.44 bits per heavy atom. The number of ether oxygens (including phenoxy) is 1. The van der Waals surface area contributed by atoms with Crippen molar-refractivity contribution in [2.45, 2.75) is 19.3 Å². The zero-order valence-corrected chi connectivity index (χ0v) is 6.10. The number of hydrogen-bond acceptors (Lipinski definition) is 1. The molecule has 0 aromatic carbocycles. The zero-order valence-electron chi connectivity index (χ0n) is 6.10. The van der Waals surface area contributed by atoms with Crippen molar-refractivity contribution >= 4 is 0 Å². The van der Waals surface area contributed by atoms with Crippen LogP contribution in [-0.2, 0) is 4.74 Å². The SMILES string of the molecule is [CH2]C=CCCCCOC. The van der Waals surface area contributed by atoms with E-state index in [9.17, 15) is 0 Å². The van der Waals surface area contributed by atoms with E-state index < -0.39 is 0 Å². The van der Waals surface area contributed by atoms with E-state index in [1.54, 1.807) is 7.11 Å². The molecule has 0 bridgehead atoms. The van der Waals surface area contributed by atoms with Crippen LogP contribution in [0.4, 0.5) is 0 Å². The van der Waals surface area contributed by atoms with Gasteiger partial charge in [-0.1, -0.05) is 12.2 Å². The second-order valence-electron chi connectivity index (χ2n) is 1.96. The van der Waals surface area contributed by atoms with Crippen molar-refractivity contribution in [3.05, 3.63) is 19.1 Å². The second kappa shape index (κ2) is 7.70. The van der Waals surface area contributed by atoms with Gasteiger partial charge in [-0.3, -0.25) is 0 Å². The Kier molecular flexibility index (Phi) is 7.44. The molecule has 0 aromatic heterocycles. The average Bonchev–Trinajstić information content (AvgIpc) is 1.89. The monoisotopic (exact) mass is 127 g/mol. The van der Waals surface area contributed by atoms with Crippen molar-refractivity contribution < 1.29 is 4.74 Å². The molecule has 0 aliphatic rings. The minimum atomic E-state index is 0.880. The third kappa shape index (κ3) is 7.70. The molecule has 0 amide bonds. The van der Waals surface area contributed by atoms with Crippen LogP contribution in [0.5, 0.6) is 0 Å². The predicted octanol–water partition coefficient (Wildman–Crippen LogP) is 2.19. The van der Waals surface area contributed by atoms with E-state index in [2.05, 4.69) is 13.0 Å². The molecule has 1 nitrogen and oxygen atoms in total. The van der Waals surface area contributed by atoms with E-state index in [-0.39, 0.29) is 0 Å². The molecule has 0 heterocycles. The lowest BCUT2D eigenvalue weighted by Crippen LogP contribution is -1.86. The molecule has 1 radical (unpaired) electrons. The molecule has 0 saturated heterocycles. The topological polar surface area (TPSA) is 9.23 Å². The maximum atomic E-state index is 4.88. The van der Waals surface area contributed by atoms with E-state index in [1.165, 1.54) is 6.42 Å². The molecule has 0 saturated carbocycles. The first-order chi connectivity index (χ1) is 4.41. The summed E-state index contributed by atoms with van der Waals surface area (Å²) in [6.45, 7) is 4.47. The number of unbranched alkanes of at least 4 members (excludes halogenated alkanes) is 2. The number of methoxy groups -OCH3 is 1. The summed E-state index contributed by atoms with van der Waals surface area (Å²) in [4.78, 5) is 0. The lowest BCUT2D eigenvalue weighted by molar-refractivity contribution is 0.193. The van der Waals surface area contributed by atoms with Gasteiger partial charge in [-0.2, -0.15) is 0 Å². The van der Waals surface area contributed by atoms with Crippen molar-refractivity contribution in [1.82, 2.24) is 0 Å². The highest BCUT2D eigenvalue weighted by molar-refractivity contribution is 4.83. The van der Waals surface area contributed by atoms with Crippen LogP contribution in [0.3, 0.4) is 0 Å². The molecule has 0 aromatic rings. The standard InChI is InChI=1S/C8H15O/c1-3-4-5-6-7-8-9-2/h3-4H,1,5-8H2,2H3. The predicted molar refractivity (Wildman–Crippen MR) is 40.2 cm³/mol. The minimum Gasteiger partial charge on any atom is -0.385 e. The Hall–Kier alpha value is -0.300. The zero-order chi connectivity index (χ0) is 6.95. The van der Waals surface area contributed by atoms with Gasteiger partial charge in [0.05, 0.1) is 0 Å². The van der Waals surface area contributed by atoms with Gasteiger partial charge in [0.1, 0.15) is 0 Å². The molecule has 0 fully saturated rings. The average molecular weight is 127 g/mol. The van der Waals surface area contributed by atoms with Gasteiger partial charge in [-0.15, -0.1) is 0 Å². The summed E-state index contributed by atoms with van der Waals surface area (Å²) in [6.07, 6.45) is 7.41. The third-order valence-corrected chi connectivity index (χ3v) is 1.14. The van der Waals surface area contributed by atoms with Gasteiger partial charge in [-0.05, 0) is 26.2 Å². The van der Waals surface area contributed by atoms with E-state index in [1.807, 2.05) is 6.08 Å². The van der Waals surface area contributed by atoms with Crippen LogP contribution in [0.15, 0.2) is 12.2 Å². The summed E-state index contributed by atoms with van der Waals surface area (Å²) in [6, 6.07) is 0. The van der Waals surface area contributed by atoms with Crippen LogP contribution in [0.25, 0.3) is 0 Å². The summed E-state index contributed by atoms with van der Waals surface area (Å²) < 4.78 is 4.88. The molecule has 53 valence electrons. The second-order valence-corrected chi connectivity index (χ2v) is 1.96. The van der Waals surface area contributed by atoms with Gasteiger partial charge in [0.15, 0.2) is 0 Å². The Morgan fingerprint density at radius 3 is 2.78 bits per heavy atom. The molecule has 0 unspecified atom stereocenters. The Balaban J connectivity index is 2.75. The van der Waals surface area contributed by atoms with Gasteiger partial charge in [0.2, 0.25) is 0 Å². The van der Waals surface area contributed by atoms with Crippen LogP contribution in [0.2, 0.25) is 0 Å². The number of hydrogen-bond donors (Lipinski definition) is 0.